The summed E-state index contributed by atoms with van der Waals surface area (Å²) in [5.74, 6) is -0.260. The van der Waals surface area contributed by atoms with Gasteiger partial charge >= 0.3 is 0 Å². The van der Waals surface area contributed by atoms with Crippen LogP contribution in [0.15, 0.2) is 53.4 Å². The first kappa shape index (κ1) is 20.6. The summed E-state index contributed by atoms with van der Waals surface area (Å²) in [5.41, 5.74) is 1.21. The third kappa shape index (κ3) is 4.84. The van der Waals surface area contributed by atoms with Gasteiger partial charge in [0.25, 0.3) is 5.91 Å². The van der Waals surface area contributed by atoms with Gasteiger partial charge in [0.05, 0.1) is 15.5 Å². The monoisotopic (exact) mass is 421 g/mol. The van der Waals surface area contributed by atoms with E-state index in [1.807, 2.05) is 30.3 Å². The summed E-state index contributed by atoms with van der Waals surface area (Å²) >= 11 is 6.21. The number of nitrogens with one attached hydrogen (secondary N) is 2. The van der Waals surface area contributed by atoms with Gasteiger partial charge in [-0.15, -0.1) is 0 Å². The fourth-order valence-corrected chi connectivity index (χ4v) is 4.69. The van der Waals surface area contributed by atoms with E-state index >= 15 is 0 Å². The van der Waals surface area contributed by atoms with E-state index in [9.17, 15) is 13.2 Å². The fourth-order valence-electron chi connectivity index (χ4n) is 3.22. The third-order valence-corrected chi connectivity index (χ3v) is 6.48. The lowest BCUT2D eigenvalue weighted by Crippen LogP contribution is -2.32. The number of sulfonamides is 1. The number of likely N-dealkylation sites (tertiary alicyclic amines) is 1. The molecule has 8 heteroatoms. The second-order valence-corrected chi connectivity index (χ2v) is 9.29. The van der Waals surface area contributed by atoms with Crippen LogP contribution in [0.3, 0.4) is 0 Å². The minimum absolute atomic E-state index is 0.0344. The summed E-state index contributed by atoms with van der Waals surface area (Å²) < 4.78 is 27.4. The number of benzene rings is 2. The molecular weight excluding hydrogens is 398 g/mol. The maximum atomic E-state index is 13.0. The average molecular weight is 422 g/mol. The Morgan fingerprint density at radius 1 is 1.18 bits per heavy atom. The highest BCUT2D eigenvalue weighted by Gasteiger charge is 2.29. The van der Waals surface area contributed by atoms with E-state index in [0.717, 1.165) is 12.1 Å². The van der Waals surface area contributed by atoms with Crippen molar-refractivity contribution in [2.75, 3.05) is 18.4 Å². The summed E-state index contributed by atoms with van der Waals surface area (Å²) in [7, 11) is -3.70. The van der Waals surface area contributed by atoms with Crippen LogP contribution in [0.5, 0.6) is 0 Å². The van der Waals surface area contributed by atoms with Crippen LogP contribution in [-0.4, -0.2) is 44.4 Å². The van der Waals surface area contributed by atoms with Gasteiger partial charge in [-0.2, -0.15) is 0 Å². The number of nitrogens with zero attached hydrogens (tertiary/aromatic N) is 1. The van der Waals surface area contributed by atoms with Crippen LogP contribution in [-0.2, 0) is 10.0 Å². The second kappa shape index (κ2) is 8.51. The summed E-state index contributed by atoms with van der Waals surface area (Å²) in [6.07, 6.45) is 0.811. The Balaban J connectivity index is 1.75. The number of hydrogen-bond donors (Lipinski definition) is 2. The predicted octanol–water partition coefficient (Wildman–Crippen LogP) is 3.35. The van der Waals surface area contributed by atoms with Gasteiger partial charge in [-0.1, -0.05) is 29.8 Å². The standard InChI is InChI=1S/C20H24ClN3O3S/c1-14(2)23-28(26,27)17-8-9-19(21)18(12-17)20(25)24-11-10-16(13-24)22-15-6-4-3-5-7-15/h3-9,12,14,16,22-23H,10-11,13H2,1-2H3. The lowest BCUT2D eigenvalue weighted by atomic mass is 10.2. The van der Waals surface area contributed by atoms with Crippen molar-refractivity contribution in [1.29, 1.82) is 0 Å². The van der Waals surface area contributed by atoms with Crippen molar-refractivity contribution in [2.24, 2.45) is 0 Å². The second-order valence-electron chi connectivity index (χ2n) is 7.16. The molecule has 0 saturated carbocycles. The minimum atomic E-state index is -3.70. The molecule has 1 atom stereocenters. The summed E-state index contributed by atoms with van der Waals surface area (Å²) in [6.45, 7) is 4.60. The molecule has 6 nitrogen and oxygen atoms in total. The van der Waals surface area contributed by atoms with Crippen LogP contribution >= 0.6 is 11.6 Å². The molecule has 3 rings (SSSR count). The van der Waals surface area contributed by atoms with Crippen molar-refractivity contribution in [3.05, 3.63) is 59.1 Å². The van der Waals surface area contributed by atoms with Gasteiger partial charge in [-0.3, -0.25) is 4.79 Å². The molecule has 1 saturated heterocycles. The van der Waals surface area contributed by atoms with Crippen LogP contribution in [0.1, 0.15) is 30.6 Å². The first-order chi connectivity index (χ1) is 13.3. The molecule has 28 heavy (non-hydrogen) atoms. The average Bonchev–Trinajstić information content (AvgIpc) is 3.09. The van der Waals surface area contributed by atoms with E-state index < -0.39 is 10.0 Å². The molecule has 150 valence electrons. The topological polar surface area (TPSA) is 78.5 Å². The molecule has 1 unspecified atom stereocenters. The van der Waals surface area contributed by atoms with E-state index in [4.69, 9.17) is 11.6 Å². The highest BCUT2D eigenvalue weighted by molar-refractivity contribution is 7.89. The number of carbonyl (C=O) groups is 1. The van der Waals surface area contributed by atoms with Crippen LogP contribution in [0.2, 0.25) is 5.02 Å². The maximum Gasteiger partial charge on any atom is 0.255 e. The molecule has 0 radical (unpaired) electrons. The van der Waals surface area contributed by atoms with Gasteiger partial charge in [-0.25, -0.2) is 13.1 Å². The Morgan fingerprint density at radius 3 is 2.57 bits per heavy atom. The SMILES string of the molecule is CC(C)NS(=O)(=O)c1ccc(Cl)c(C(=O)N2CCC(Nc3ccccc3)C2)c1. The largest absolute Gasteiger partial charge is 0.380 e. The first-order valence-corrected chi connectivity index (χ1v) is 11.0. The van der Waals surface area contributed by atoms with Gasteiger partial charge in [0.2, 0.25) is 10.0 Å². The molecule has 1 amide bonds. The molecular formula is C20H24ClN3O3S. The van der Waals surface area contributed by atoms with Crippen LogP contribution in [0.4, 0.5) is 5.69 Å². The minimum Gasteiger partial charge on any atom is -0.380 e. The Kier molecular flexibility index (Phi) is 6.27. The predicted molar refractivity (Wildman–Crippen MR) is 111 cm³/mol. The molecule has 0 bridgehead atoms. The summed E-state index contributed by atoms with van der Waals surface area (Å²) in [6, 6.07) is 13.9. The molecule has 1 aliphatic rings. The summed E-state index contributed by atoms with van der Waals surface area (Å²) in [5, 5.41) is 3.66. The normalized spacial score (nSPS) is 17.1. The quantitative estimate of drug-likeness (QED) is 0.749. The highest BCUT2D eigenvalue weighted by Crippen LogP contribution is 2.25. The number of para-hydroxylation sites is 1. The fraction of sp³-hybridized carbons (Fsp3) is 0.350. The Hall–Kier alpha value is -2.09. The molecule has 2 aromatic carbocycles. The Bertz CT molecular complexity index is 948. The first-order valence-electron chi connectivity index (χ1n) is 9.19. The zero-order valence-electron chi connectivity index (χ0n) is 15.9. The number of anilines is 1. The van der Waals surface area contributed by atoms with Gasteiger partial charge in [-0.05, 0) is 50.6 Å². The number of amides is 1. The zero-order chi connectivity index (χ0) is 20.3. The van der Waals surface area contributed by atoms with E-state index in [2.05, 4.69) is 10.0 Å². The van der Waals surface area contributed by atoms with Gasteiger partial charge in [0.15, 0.2) is 0 Å². The molecule has 2 aromatic rings. The Morgan fingerprint density at radius 2 is 1.89 bits per heavy atom. The highest BCUT2D eigenvalue weighted by atomic mass is 35.5. The van der Waals surface area contributed by atoms with Gasteiger partial charge < -0.3 is 10.2 Å². The van der Waals surface area contributed by atoms with Crippen molar-refractivity contribution in [3.8, 4) is 0 Å². The van der Waals surface area contributed by atoms with Crippen LogP contribution < -0.4 is 10.0 Å². The van der Waals surface area contributed by atoms with E-state index in [1.165, 1.54) is 18.2 Å². The van der Waals surface area contributed by atoms with Crippen molar-refractivity contribution in [3.63, 3.8) is 0 Å². The molecule has 1 heterocycles. The van der Waals surface area contributed by atoms with Crippen molar-refractivity contribution in [2.45, 2.75) is 37.2 Å². The van der Waals surface area contributed by atoms with E-state index in [1.54, 1.807) is 18.7 Å². The molecule has 1 fully saturated rings. The van der Waals surface area contributed by atoms with Crippen LogP contribution in [0.25, 0.3) is 0 Å². The number of halogens is 1. The van der Waals surface area contributed by atoms with Gasteiger partial charge in [0.1, 0.15) is 0 Å². The van der Waals surface area contributed by atoms with Crippen molar-refractivity contribution >= 4 is 33.2 Å². The zero-order valence-corrected chi connectivity index (χ0v) is 17.4. The van der Waals surface area contributed by atoms with Crippen molar-refractivity contribution < 1.29 is 13.2 Å². The third-order valence-electron chi connectivity index (χ3n) is 4.49. The van der Waals surface area contributed by atoms with Crippen molar-refractivity contribution in [1.82, 2.24) is 9.62 Å². The molecule has 0 spiro atoms. The van der Waals surface area contributed by atoms with Gasteiger partial charge in [0, 0.05) is 30.9 Å². The van der Waals surface area contributed by atoms with E-state index in [-0.39, 0.29) is 33.5 Å². The smallest absolute Gasteiger partial charge is 0.255 e. The molecule has 1 aliphatic heterocycles. The molecule has 0 aliphatic carbocycles. The Labute approximate surface area is 170 Å². The molecule has 2 N–H and O–H groups in total. The lowest BCUT2D eigenvalue weighted by molar-refractivity contribution is 0.0791. The number of hydrogen-bond acceptors (Lipinski definition) is 4. The number of rotatable bonds is 6. The maximum absolute atomic E-state index is 13.0. The number of carbonyl (C=O) groups excluding carboxylic acids is 1. The summed E-state index contributed by atoms with van der Waals surface area (Å²) in [4.78, 5) is 14.7. The lowest BCUT2D eigenvalue weighted by Gasteiger charge is -2.19. The van der Waals surface area contributed by atoms with Crippen LogP contribution in [0, 0.1) is 0 Å². The van der Waals surface area contributed by atoms with E-state index in [0.29, 0.717) is 13.1 Å². The molecule has 0 aromatic heterocycles.